The fourth-order valence-corrected chi connectivity index (χ4v) is 19.8. The second-order valence-corrected chi connectivity index (χ2v) is 19.8. The van der Waals surface area contributed by atoms with Gasteiger partial charge in [-0.1, -0.05) is 0 Å². The molecule has 0 spiro atoms. The lowest BCUT2D eigenvalue weighted by atomic mass is 9.91. The van der Waals surface area contributed by atoms with E-state index in [1.807, 2.05) is 0 Å². The van der Waals surface area contributed by atoms with E-state index in [0.29, 0.717) is 0 Å². The molecule has 2 N–H and O–H groups in total. The van der Waals surface area contributed by atoms with Gasteiger partial charge in [-0.15, -0.1) is 0 Å². The number of rotatable bonds is 0. The van der Waals surface area contributed by atoms with E-state index in [1.165, 1.54) is 42.6 Å². The van der Waals surface area contributed by atoms with Gasteiger partial charge in [-0.05, 0) is 70.3 Å². The van der Waals surface area contributed by atoms with E-state index >= 15 is 0 Å². The van der Waals surface area contributed by atoms with Crippen LogP contribution in [0.25, 0.3) is 0 Å². The molecule has 0 amide bonds. The molecule has 1 saturated carbocycles. The van der Waals surface area contributed by atoms with Gasteiger partial charge >= 0.3 is 0 Å². The van der Waals surface area contributed by atoms with Crippen LogP contribution in [0, 0.1) is 0 Å². The highest BCUT2D eigenvalue weighted by Crippen LogP contribution is 2.54. The van der Waals surface area contributed by atoms with Crippen molar-refractivity contribution in [2.45, 2.75) is 31.1 Å². The molecular formula is C11H12BrNS10. The fraction of sp³-hybridized carbons (Fsp3) is 0.455. The smallest absolute Gasteiger partial charge is 0.0461 e. The minimum Gasteiger partial charge on any atom is -0.398 e. The van der Waals surface area contributed by atoms with Crippen LogP contribution in [0.5, 0.6) is 0 Å². The van der Waals surface area contributed by atoms with Crippen molar-refractivity contribution in [1.82, 2.24) is 0 Å². The number of hydrogen-bond donors (Lipinski definition) is 1. The summed E-state index contributed by atoms with van der Waals surface area (Å²) in [4.78, 5) is 0. The Hall–Kier alpha value is 1.70. The number of anilines is 1. The second kappa shape index (κ2) is 11.4. The van der Waals surface area contributed by atoms with Crippen molar-refractivity contribution < 1.29 is 0 Å². The molecule has 1 aromatic rings. The number of nitrogen functional groups attached to an aromatic ring is 1. The predicted molar refractivity (Wildman–Crippen MR) is 132 cm³/mol. The third kappa shape index (κ3) is 6.42. The van der Waals surface area contributed by atoms with Crippen molar-refractivity contribution in [2.24, 2.45) is 0 Å². The maximum Gasteiger partial charge on any atom is 0.0461 e. The highest BCUT2D eigenvalue weighted by molar-refractivity contribution is 9.10. The van der Waals surface area contributed by atoms with Crippen LogP contribution < -0.4 is 5.73 Å². The number of benzene rings is 1. The summed E-state index contributed by atoms with van der Waals surface area (Å²) in [5, 5.41) is 0. The summed E-state index contributed by atoms with van der Waals surface area (Å²) < 4.78 is 1.07. The highest BCUT2D eigenvalue weighted by atomic mass is 79.9. The molecule has 2 aliphatic rings. The lowest BCUT2D eigenvalue weighted by Crippen LogP contribution is -1.99. The Bertz CT molecular complexity index is 851. The van der Waals surface area contributed by atoms with Gasteiger partial charge in [-0.2, -0.15) is 0 Å². The van der Waals surface area contributed by atoms with E-state index in [0.717, 1.165) is 22.0 Å². The summed E-state index contributed by atoms with van der Waals surface area (Å²) in [6.07, 6.45) is 4.12. The summed E-state index contributed by atoms with van der Waals surface area (Å²) in [6, 6.07) is 4.40. The van der Waals surface area contributed by atoms with E-state index in [9.17, 15) is 0 Å². The average molecular weight is 559 g/mol. The molecule has 1 aromatic carbocycles. The summed E-state index contributed by atoms with van der Waals surface area (Å²) in [5.74, 6) is 1.65. The van der Waals surface area contributed by atoms with E-state index in [4.69, 9.17) is 5.73 Å². The lowest BCUT2D eigenvalue weighted by molar-refractivity contribution is 0.717. The Morgan fingerprint density at radius 2 is 1.35 bits per heavy atom. The molecule has 0 saturated heterocycles. The lowest BCUT2D eigenvalue weighted by Gasteiger charge is -2.16. The molecule has 2 bridgehead atoms. The van der Waals surface area contributed by atoms with Crippen LogP contribution in [0.4, 0.5) is 5.69 Å². The minimum absolute atomic E-state index is 0.815. The number of hydrogen-bond acceptors (Lipinski definition) is 3. The van der Waals surface area contributed by atoms with Gasteiger partial charge in [0.2, 0.25) is 0 Å². The predicted octanol–water partition coefficient (Wildman–Crippen LogP) is 3.37. The third-order valence-electron chi connectivity index (χ3n) is 3.71. The second-order valence-electron chi connectivity index (χ2n) is 4.75. The molecule has 0 heterocycles. The minimum atomic E-state index is 0.815. The number of fused-ring (bicyclic) bond motifs is 5. The van der Waals surface area contributed by atoms with Crippen LogP contribution >= 0.6 is 15.9 Å². The average Bonchev–Trinajstić information content (AvgIpc) is 3.14. The fourth-order valence-electron chi connectivity index (χ4n) is 2.94. The molecular weight excluding hydrogens is 547 g/mol. The summed E-state index contributed by atoms with van der Waals surface area (Å²) in [7, 11) is 12.7. The number of nitrogens with two attached hydrogens (primary N) is 1. The largest absolute Gasteiger partial charge is 0.398 e. The molecule has 1 fully saturated rings. The Morgan fingerprint density at radius 1 is 0.870 bits per heavy atom. The van der Waals surface area contributed by atoms with Crippen molar-refractivity contribution in [3.8, 4) is 0 Å². The topological polar surface area (TPSA) is 26.0 Å². The summed E-state index contributed by atoms with van der Waals surface area (Å²) in [5.41, 5.74) is 9.85. The van der Waals surface area contributed by atoms with Crippen molar-refractivity contribution in [1.29, 1.82) is 0 Å². The van der Waals surface area contributed by atoms with Crippen LogP contribution in [-0.2, 0) is 93.4 Å². The zero-order chi connectivity index (χ0) is 16.7. The van der Waals surface area contributed by atoms with Crippen molar-refractivity contribution in [2.75, 3.05) is 5.73 Å². The Kier molecular flexibility index (Phi) is 10.4. The Labute approximate surface area is 177 Å². The first-order chi connectivity index (χ1) is 11.2. The SMILES string of the molecule is Nc1cc2c(cc1Br)C1CCC2C1.S=S=S=S=S=S=S=S=S=S. The standard InChI is InChI=1S/C11H12BrN.S10/c12-10-4-8-6-1-2-7(3-6)9(8)5-11(10)13;1-3-5-7-9-10-8-6-4-2/h4-7H,1-3,13H2;. The maximum absolute atomic E-state index is 5.88. The normalized spacial score (nSPS) is 19.5. The van der Waals surface area contributed by atoms with Crippen LogP contribution in [0.15, 0.2) is 16.6 Å². The molecule has 0 aromatic heterocycles. The van der Waals surface area contributed by atoms with Gasteiger partial charge in [0.25, 0.3) is 0 Å². The van der Waals surface area contributed by atoms with E-state index < -0.39 is 0 Å². The van der Waals surface area contributed by atoms with E-state index in [2.05, 4.69) is 50.4 Å². The molecule has 128 valence electrons. The van der Waals surface area contributed by atoms with Gasteiger partial charge in [0.05, 0.1) is 0 Å². The molecule has 2 aliphatic carbocycles. The zero-order valence-corrected chi connectivity index (χ0v) is 21.2. The van der Waals surface area contributed by atoms with Gasteiger partial charge < -0.3 is 5.73 Å². The molecule has 2 unspecified atom stereocenters. The quantitative estimate of drug-likeness (QED) is 0.495. The highest BCUT2D eigenvalue weighted by Gasteiger charge is 2.36. The molecule has 1 nitrogen and oxygen atoms in total. The van der Waals surface area contributed by atoms with Crippen molar-refractivity contribution in [3.05, 3.63) is 27.7 Å². The maximum atomic E-state index is 5.88. The molecule has 0 radical (unpaired) electrons. The first kappa shape index (κ1) is 21.0. The van der Waals surface area contributed by atoms with Gasteiger partial charge in [0, 0.05) is 104 Å². The summed E-state index contributed by atoms with van der Waals surface area (Å²) >= 11 is 12.8. The number of halogens is 1. The first-order valence-corrected chi connectivity index (χ1v) is 19.1. The van der Waals surface area contributed by atoms with Crippen LogP contribution in [0.3, 0.4) is 0 Å². The monoisotopic (exact) mass is 557 g/mol. The van der Waals surface area contributed by atoms with Gasteiger partial charge in [-0.3, -0.25) is 0 Å². The Balaban J connectivity index is 0.000000175. The van der Waals surface area contributed by atoms with Crippen molar-refractivity contribution >= 4 is 115 Å². The van der Waals surface area contributed by atoms with E-state index in [1.54, 1.807) is 58.8 Å². The Morgan fingerprint density at radius 3 is 1.87 bits per heavy atom. The first-order valence-electron chi connectivity index (χ1n) is 6.34. The zero-order valence-electron chi connectivity index (χ0n) is 11.5. The van der Waals surface area contributed by atoms with Crippen molar-refractivity contribution in [3.63, 3.8) is 0 Å². The van der Waals surface area contributed by atoms with Crippen LogP contribution in [-0.4, -0.2) is 0 Å². The van der Waals surface area contributed by atoms with Gasteiger partial charge in [0.15, 0.2) is 0 Å². The molecule has 12 heteroatoms. The van der Waals surface area contributed by atoms with Gasteiger partial charge in [-0.25, -0.2) is 0 Å². The summed E-state index contributed by atoms with van der Waals surface area (Å²) in [6.45, 7) is 0. The van der Waals surface area contributed by atoms with Gasteiger partial charge in [0.1, 0.15) is 0 Å². The molecule has 0 aliphatic heterocycles. The van der Waals surface area contributed by atoms with Crippen LogP contribution in [0.2, 0.25) is 0 Å². The molecule has 3 rings (SSSR count). The van der Waals surface area contributed by atoms with E-state index in [-0.39, 0.29) is 0 Å². The van der Waals surface area contributed by atoms with Crippen LogP contribution in [0.1, 0.15) is 42.2 Å². The molecule has 2 atom stereocenters. The molecule has 23 heavy (non-hydrogen) atoms. The third-order valence-corrected chi connectivity index (χ3v) is 20.0.